The Kier molecular flexibility index (Phi) is 5.97. The predicted molar refractivity (Wildman–Crippen MR) is 126 cm³/mol. The SMILES string of the molecule is C[C@@H]1CN(c2cnc3c(ccn3Cc3ccc(C(=O)O)cc3)c2)C[C@H](C)N1CC(C)(C)O. The van der Waals surface area contributed by atoms with Gasteiger partial charge in [0, 0.05) is 49.8 Å². The van der Waals surface area contributed by atoms with Gasteiger partial charge in [0.25, 0.3) is 0 Å². The summed E-state index contributed by atoms with van der Waals surface area (Å²) in [5.74, 6) is -0.915. The zero-order chi connectivity index (χ0) is 23.0. The Bertz CT molecular complexity index is 1090. The van der Waals surface area contributed by atoms with Gasteiger partial charge >= 0.3 is 5.97 Å². The second kappa shape index (κ2) is 8.56. The number of aromatic carboxylic acids is 1. The van der Waals surface area contributed by atoms with Crippen LogP contribution in [0.3, 0.4) is 0 Å². The van der Waals surface area contributed by atoms with E-state index < -0.39 is 11.6 Å². The number of fused-ring (bicyclic) bond motifs is 1. The van der Waals surface area contributed by atoms with E-state index in [0.29, 0.717) is 30.7 Å². The van der Waals surface area contributed by atoms with Crippen LogP contribution in [0.15, 0.2) is 48.8 Å². The first-order chi connectivity index (χ1) is 15.1. The molecule has 170 valence electrons. The van der Waals surface area contributed by atoms with Gasteiger partial charge in [-0.25, -0.2) is 9.78 Å². The highest BCUT2D eigenvalue weighted by molar-refractivity contribution is 5.87. The summed E-state index contributed by atoms with van der Waals surface area (Å²) < 4.78 is 2.08. The van der Waals surface area contributed by atoms with E-state index in [9.17, 15) is 9.90 Å². The summed E-state index contributed by atoms with van der Waals surface area (Å²) in [5, 5.41) is 20.4. The highest BCUT2D eigenvalue weighted by atomic mass is 16.4. The van der Waals surface area contributed by atoms with Crippen LogP contribution >= 0.6 is 0 Å². The standard InChI is InChI=1S/C25H32N4O3/c1-17-13-28(14-18(2)29(17)16-25(3,4)32)22-11-21-9-10-27(23(21)26-12-22)15-19-5-7-20(8-6-19)24(30)31/h5-12,17-18,32H,13-16H2,1-4H3,(H,30,31)/t17-,18+. The summed E-state index contributed by atoms with van der Waals surface area (Å²) in [6, 6.07) is 11.9. The lowest BCUT2D eigenvalue weighted by Crippen LogP contribution is -2.59. The average molecular weight is 437 g/mol. The number of benzene rings is 1. The number of carboxylic acid groups (broad SMARTS) is 1. The Balaban J connectivity index is 1.50. The van der Waals surface area contributed by atoms with Crippen LogP contribution in [0.5, 0.6) is 0 Å². The van der Waals surface area contributed by atoms with E-state index in [4.69, 9.17) is 10.1 Å². The molecule has 0 spiro atoms. The first-order valence-electron chi connectivity index (χ1n) is 11.1. The van der Waals surface area contributed by atoms with Gasteiger partial charge in [-0.3, -0.25) is 4.90 Å². The fourth-order valence-corrected chi connectivity index (χ4v) is 4.64. The van der Waals surface area contributed by atoms with Gasteiger partial charge in [-0.05, 0) is 57.5 Å². The lowest BCUT2D eigenvalue weighted by atomic mass is 10.0. The lowest BCUT2D eigenvalue weighted by Gasteiger charge is -2.47. The van der Waals surface area contributed by atoms with E-state index in [0.717, 1.165) is 35.4 Å². The molecule has 7 heteroatoms. The molecule has 3 aromatic rings. The van der Waals surface area contributed by atoms with Crippen molar-refractivity contribution in [2.75, 3.05) is 24.5 Å². The lowest BCUT2D eigenvalue weighted by molar-refractivity contribution is 0.00247. The van der Waals surface area contributed by atoms with Gasteiger partial charge < -0.3 is 19.7 Å². The van der Waals surface area contributed by atoms with Gasteiger partial charge in [0.05, 0.1) is 23.0 Å². The minimum atomic E-state index is -0.915. The largest absolute Gasteiger partial charge is 0.478 e. The van der Waals surface area contributed by atoms with Crippen molar-refractivity contribution in [3.05, 3.63) is 59.9 Å². The van der Waals surface area contributed by atoms with Gasteiger partial charge in [0.2, 0.25) is 0 Å². The van der Waals surface area contributed by atoms with Crippen molar-refractivity contribution in [2.24, 2.45) is 0 Å². The summed E-state index contributed by atoms with van der Waals surface area (Å²) >= 11 is 0. The van der Waals surface area contributed by atoms with Gasteiger partial charge in [-0.2, -0.15) is 0 Å². The van der Waals surface area contributed by atoms with Crippen molar-refractivity contribution in [2.45, 2.75) is 51.9 Å². The fourth-order valence-electron chi connectivity index (χ4n) is 4.64. The van der Waals surface area contributed by atoms with Gasteiger partial charge in [0.1, 0.15) is 5.65 Å². The third kappa shape index (κ3) is 4.79. The summed E-state index contributed by atoms with van der Waals surface area (Å²) in [7, 11) is 0. The monoisotopic (exact) mass is 436 g/mol. The first kappa shape index (κ1) is 22.3. The average Bonchev–Trinajstić information content (AvgIpc) is 3.12. The predicted octanol–water partition coefficient (Wildman–Crippen LogP) is 3.45. The van der Waals surface area contributed by atoms with E-state index >= 15 is 0 Å². The molecule has 2 N–H and O–H groups in total. The molecule has 1 aromatic carbocycles. The second-order valence-corrected chi connectivity index (χ2v) is 9.64. The molecule has 3 heterocycles. The molecular formula is C25H32N4O3. The van der Waals surface area contributed by atoms with Crippen molar-refractivity contribution >= 4 is 22.7 Å². The Morgan fingerprint density at radius 2 is 1.78 bits per heavy atom. The maximum atomic E-state index is 11.1. The van der Waals surface area contributed by atoms with Gasteiger partial charge in [-0.15, -0.1) is 0 Å². The fraction of sp³-hybridized carbons (Fsp3) is 0.440. The van der Waals surface area contributed by atoms with Crippen molar-refractivity contribution in [1.82, 2.24) is 14.5 Å². The molecule has 4 rings (SSSR count). The number of pyridine rings is 1. The minimum Gasteiger partial charge on any atom is -0.478 e. The summed E-state index contributed by atoms with van der Waals surface area (Å²) in [6.07, 6.45) is 3.97. The van der Waals surface area contributed by atoms with E-state index in [-0.39, 0.29) is 0 Å². The molecule has 0 unspecified atom stereocenters. The van der Waals surface area contributed by atoms with Crippen molar-refractivity contribution in [3.8, 4) is 0 Å². The normalized spacial score (nSPS) is 20.1. The number of aromatic nitrogens is 2. The molecule has 0 amide bonds. The maximum Gasteiger partial charge on any atom is 0.335 e. The molecule has 1 aliphatic heterocycles. The quantitative estimate of drug-likeness (QED) is 0.616. The van der Waals surface area contributed by atoms with E-state index in [1.54, 1.807) is 12.1 Å². The third-order valence-electron chi connectivity index (χ3n) is 6.18. The molecule has 7 nitrogen and oxygen atoms in total. The third-order valence-corrected chi connectivity index (χ3v) is 6.18. The van der Waals surface area contributed by atoms with Crippen molar-refractivity contribution in [3.63, 3.8) is 0 Å². The Labute approximate surface area is 188 Å². The molecule has 2 aromatic heterocycles. The van der Waals surface area contributed by atoms with Crippen LogP contribution in [0.2, 0.25) is 0 Å². The van der Waals surface area contributed by atoms with Crippen LogP contribution in [0.4, 0.5) is 5.69 Å². The van der Waals surface area contributed by atoms with Crippen molar-refractivity contribution < 1.29 is 15.0 Å². The van der Waals surface area contributed by atoms with E-state index in [1.165, 1.54) is 0 Å². The molecule has 0 saturated carbocycles. The van der Waals surface area contributed by atoms with Gasteiger partial charge in [0.15, 0.2) is 0 Å². The van der Waals surface area contributed by atoms with Crippen LogP contribution in [0.25, 0.3) is 11.0 Å². The molecule has 2 atom stereocenters. The number of carbonyl (C=O) groups is 1. The van der Waals surface area contributed by atoms with E-state index in [2.05, 4.69) is 40.3 Å². The maximum absolute atomic E-state index is 11.1. The smallest absolute Gasteiger partial charge is 0.335 e. The highest BCUT2D eigenvalue weighted by Crippen LogP contribution is 2.26. The first-order valence-corrected chi connectivity index (χ1v) is 11.1. The molecule has 32 heavy (non-hydrogen) atoms. The van der Waals surface area contributed by atoms with Crippen molar-refractivity contribution in [1.29, 1.82) is 0 Å². The van der Waals surface area contributed by atoms with Crippen LogP contribution in [-0.4, -0.2) is 68.0 Å². The number of piperazine rings is 1. The Morgan fingerprint density at radius 3 is 2.38 bits per heavy atom. The Hall–Kier alpha value is -2.90. The van der Waals surface area contributed by atoms with E-state index in [1.807, 2.05) is 38.4 Å². The summed E-state index contributed by atoms with van der Waals surface area (Å²) in [4.78, 5) is 20.6. The number of carboxylic acids is 1. The van der Waals surface area contributed by atoms with Gasteiger partial charge in [-0.1, -0.05) is 12.1 Å². The molecule has 1 fully saturated rings. The topological polar surface area (TPSA) is 81.8 Å². The minimum absolute atomic E-state index is 0.292. The number of aliphatic hydroxyl groups is 1. The highest BCUT2D eigenvalue weighted by Gasteiger charge is 2.32. The number of nitrogens with zero attached hydrogens (tertiary/aromatic N) is 4. The number of hydrogen-bond donors (Lipinski definition) is 2. The second-order valence-electron chi connectivity index (χ2n) is 9.64. The van der Waals surface area contributed by atoms with Crippen LogP contribution in [0, 0.1) is 0 Å². The number of β-amino-alcohol motifs (C(OH)–C–C–N with tert-alkyl or cyclic N) is 1. The van der Waals surface area contributed by atoms with Crippen LogP contribution in [0.1, 0.15) is 43.6 Å². The molecule has 1 saturated heterocycles. The van der Waals surface area contributed by atoms with Crippen LogP contribution < -0.4 is 4.90 Å². The summed E-state index contributed by atoms with van der Waals surface area (Å²) in [5.41, 5.74) is 2.64. The number of hydrogen-bond acceptors (Lipinski definition) is 5. The zero-order valence-electron chi connectivity index (χ0n) is 19.2. The molecule has 0 radical (unpaired) electrons. The number of rotatable bonds is 6. The molecule has 1 aliphatic rings. The summed E-state index contributed by atoms with van der Waals surface area (Å²) in [6.45, 7) is 11.2. The van der Waals surface area contributed by atoms with Crippen LogP contribution in [-0.2, 0) is 6.54 Å². The number of anilines is 1. The Morgan fingerprint density at radius 1 is 1.12 bits per heavy atom. The molecule has 0 aliphatic carbocycles. The molecule has 0 bridgehead atoms. The zero-order valence-corrected chi connectivity index (χ0v) is 19.2. The molecular weight excluding hydrogens is 404 g/mol.